The fourth-order valence-corrected chi connectivity index (χ4v) is 4.67. The van der Waals surface area contributed by atoms with Gasteiger partial charge in [0.15, 0.2) is 0 Å². The van der Waals surface area contributed by atoms with Crippen LogP contribution in [0.1, 0.15) is 24.5 Å². The van der Waals surface area contributed by atoms with E-state index in [1.54, 1.807) is 4.90 Å². The zero-order valence-electron chi connectivity index (χ0n) is 19.5. The highest BCUT2D eigenvalue weighted by atomic mass is 16.1. The maximum Gasteiger partial charge on any atom is 0.221 e. The molecule has 1 atom stereocenters. The topological polar surface area (TPSA) is 52.7 Å². The van der Waals surface area contributed by atoms with Crippen molar-refractivity contribution in [3.8, 4) is 11.1 Å². The molecule has 1 unspecified atom stereocenters. The fourth-order valence-electron chi connectivity index (χ4n) is 4.67. The van der Waals surface area contributed by atoms with Gasteiger partial charge in [0.1, 0.15) is 0 Å². The van der Waals surface area contributed by atoms with Gasteiger partial charge < -0.3 is 10.2 Å². The number of carbonyl (C=O) groups is 2. The Bertz CT molecular complexity index is 1120. The summed E-state index contributed by atoms with van der Waals surface area (Å²) >= 11 is 0. The monoisotopic (exact) mass is 441 g/mol. The Balaban J connectivity index is 1.50. The molecule has 0 radical (unpaired) electrons. The molecule has 1 N–H and O–H groups in total. The number of anilines is 3. The third-order valence-corrected chi connectivity index (χ3v) is 6.21. The summed E-state index contributed by atoms with van der Waals surface area (Å²) < 4.78 is 0. The first-order valence-electron chi connectivity index (χ1n) is 11.4. The van der Waals surface area contributed by atoms with E-state index >= 15 is 0 Å². The molecule has 0 aromatic heterocycles. The molecule has 2 amide bonds. The zero-order valence-corrected chi connectivity index (χ0v) is 19.5. The molecular formula is C28H31N3O2. The van der Waals surface area contributed by atoms with Crippen LogP contribution in [-0.4, -0.2) is 37.9 Å². The van der Waals surface area contributed by atoms with Gasteiger partial charge in [-0.3, -0.25) is 14.5 Å². The lowest BCUT2D eigenvalue weighted by Gasteiger charge is -2.28. The van der Waals surface area contributed by atoms with Crippen molar-refractivity contribution in [3.63, 3.8) is 0 Å². The van der Waals surface area contributed by atoms with Crippen molar-refractivity contribution >= 4 is 29.4 Å². The highest BCUT2D eigenvalue weighted by Crippen LogP contribution is 2.32. The number of carbonyl (C=O) groups excluding carboxylic acids is 2. The molecule has 1 aliphatic rings. The summed E-state index contributed by atoms with van der Waals surface area (Å²) in [6.07, 6.45) is 4.23. The van der Waals surface area contributed by atoms with E-state index in [1.165, 1.54) is 24.5 Å². The van der Waals surface area contributed by atoms with Crippen molar-refractivity contribution in [2.24, 2.45) is 5.92 Å². The molecular weight excluding hydrogens is 410 g/mol. The summed E-state index contributed by atoms with van der Waals surface area (Å²) in [5.41, 5.74) is 7.37. The maximum absolute atomic E-state index is 12.0. The number of benzene rings is 3. The smallest absolute Gasteiger partial charge is 0.221 e. The summed E-state index contributed by atoms with van der Waals surface area (Å²) in [5.74, 6) is 0.608. The largest absolute Gasteiger partial charge is 0.326 e. The number of hydrogen-bond acceptors (Lipinski definition) is 3. The molecule has 5 nitrogen and oxygen atoms in total. The predicted molar refractivity (Wildman–Crippen MR) is 135 cm³/mol. The lowest BCUT2D eigenvalue weighted by molar-refractivity contribution is -0.114. The average molecular weight is 442 g/mol. The summed E-state index contributed by atoms with van der Waals surface area (Å²) in [6, 6.07) is 22.1. The maximum atomic E-state index is 12.0. The highest BCUT2D eigenvalue weighted by molar-refractivity contribution is 5.89. The first-order valence-corrected chi connectivity index (χ1v) is 11.4. The molecule has 4 rings (SSSR count). The van der Waals surface area contributed by atoms with Crippen molar-refractivity contribution < 1.29 is 9.59 Å². The minimum Gasteiger partial charge on any atom is -0.326 e. The SMILES string of the molecule is CC(=O)Nc1ccc(-c2ccc(N(C=O)c3ccc4c(c3)CCC(CN(C)C)C4)cc2)cc1. The van der Waals surface area contributed by atoms with Crippen LogP contribution in [0.2, 0.25) is 0 Å². The van der Waals surface area contributed by atoms with Crippen molar-refractivity contribution in [2.45, 2.75) is 26.2 Å². The number of hydrogen-bond donors (Lipinski definition) is 1. The highest BCUT2D eigenvalue weighted by Gasteiger charge is 2.20. The molecule has 170 valence electrons. The molecule has 0 aliphatic heterocycles. The first-order chi connectivity index (χ1) is 15.9. The number of nitrogens with zero attached hydrogens (tertiary/aromatic N) is 2. The van der Waals surface area contributed by atoms with Gasteiger partial charge >= 0.3 is 0 Å². The summed E-state index contributed by atoms with van der Waals surface area (Å²) in [4.78, 5) is 27.2. The fraction of sp³-hybridized carbons (Fsp3) is 0.286. The number of aryl methyl sites for hydroxylation is 1. The van der Waals surface area contributed by atoms with E-state index in [0.29, 0.717) is 5.92 Å². The van der Waals surface area contributed by atoms with Gasteiger partial charge in [0.05, 0.1) is 0 Å². The van der Waals surface area contributed by atoms with Gasteiger partial charge in [-0.25, -0.2) is 0 Å². The number of rotatable bonds is 7. The molecule has 0 saturated heterocycles. The number of nitrogens with one attached hydrogen (secondary N) is 1. The van der Waals surface area contributed by atoms with Crippen molar-refractivity contribution in [1.29, 1.82) is 0 Å². The quantitative estimate of drug-likeness (QED) is 0.508. The average Bonchev–Trinajstić information content (AvgIpc) is 2.80. The van der Waals surface area contributed by atoms with E-state index in [1.807, 2.05) is 48.5 Å². The van der Waals surface area contributed by atoms with Crippen LogP contribution in [-0.2, 0) is 22.4 Å². The van der Waals surface area contributed by atoms with Gasteiger partial charge in [-0.1, -0.05) is 30.3 Å². The molecule has 0 fully saturated rings. The second-order valence-corrected chi connectivity index (χ2v) is 9.10. The van der Waals surface area contributed by atoms with E-state index in [2.05, 4.69) is 42.5 Å². The van der Waals surface area contributed by atoms with E-state index in [9.17, 15) is 9.59 Å². The third kappa shape index (κ3) is 5.49. The van der Waals surface area contributed by atoms with E-state index in [4.69, 9.17) is 0 Å². The lowest BCUT2D eigenvalue weighted by Crippen LogP contribution is -2.26. The Hall–Kier alpha value is -3.44. The van der Waals surface area contributed by atoms with Crippen LogP contribution in [0.15, 0.2) is 66.7 Å². The summed E-state index contributed by atoms with van der Waals surface area (Å²) in [7, 11) is 4.26. The molecule has 33 heavy (non-hydrogen) atoms. The van der Waals surface area contributed by atoms with E-state index in [0.717, 1.165) is 54.0 Å². The minimum absolute atomic E-state index is 0.0865. The Morgan fingerprint density at radius 2 is 1.58 bits per heavy atom. The Kier molecular flexibility index (Phi) is 6.90. The van der Waals surface area contributed by atoms with Gasteiger partial charge in [-0.15, -0.1) is 0 Å². The standard InChI is InChI=1S/C28H31N3O2/c1-20(33)29-26-11-6-22(7-12-26)23-8-13-27(14-9-23)31(19-32)28-15-10-24-16-21(18-30(2)3)4-5-25(24)17-28/h6-15,17,19,21H,4-5,16,18H2,1-3H3,(H,29,33). The lowest BCUT2D eigenvalue weighted by atomic mass is 9.83. The van der Waals surface area contributed by atoms with Crippen LogP contribution >= 0.6 is 0 Å². The molecule has 0 heterocycles. The molecule has 1 aliphatic carbocycles. The predicted octanol–water partition coefficient (Wildman–Crippen LogP) is 5.27. The molecule has 5 heteroatoms. The van der Waals surface area contributed by atoms with Crippen LogP contribution in [0.5, 0.6) is 0 Å². The molecule has 3 aromatic rings. The van der Waals surface area contributed by atoms with Crippen LogP contribution in [0.25, 0.3) is 11.1 Å². The van der Waals surface area contributed by atoms with Gasteiger partial charge in [0.2, 0.25) is 12.3 Å². The van der Waals surface area contributed by atoms with Crippen LogP contribution < -0.4 is 10.2 Å². The number of amides is 2. The first kappa shape index (κ1) is 22.7. The summed E-state index contributed by atoms with van der Waals surface area (Å²) in [5, 5.41) is 2.78. The second kappa shape index (κ2) is 10.0. The van der Waals surface area contributed by atoms with Gasteiger partial charge in [0.25, 0.3) is 0 Å². The van der Waals surface area contributed by atoms with Crippen LogP contribution in [0.4, 0.5) is 17.1 Å². The Morgan fingerprint density at radius 1 is 0.939 bits per heavy atom. The van der Waals surface area contributed by atoms with Gasteiger partial charge in [-0.2, -0.15) is 0 Å². The minimum atomic E-state index is -0.0865. The second-order valence-electron chi connectivity index (χ2n) is 9.10. The zero-order chi connectivity index (χ0) is 23.4. The van der Waals surface area contributed by atoms with Gasteiger partial charge in [0, 0.05) is 30.5 Å². The molecule has 0 spiro atoms. The Labute approximate surface area is 196 Å². The van der Waals surface area contributed by atoms with Crippen molar-refractivity contribution in [2.75, 3.05) is 30.9 Å². The summed E-state index contributed by atoms with van der Waals surface area (Å²) in [6.45, 7) is 2.61. The van der Waals surface area contributed by atoms with E-state index < -0.39 is 0 Å². The molecule has 0 saturated carbocycles. The van der Waals surface area contributed by atoms with Gasteiger partial charge in [-0.05, 0) is 97.9 Å². The van der Waals surface area contributed by atoms with Crippen LogP contribution in [0, 0.1) is 5.92 Å². The third-order valence-electron chi connectivity index (χ3n) is 6.21. The molecule has 0 bridgehead atoms. The Morgan fingerprint density at radius 3 is 2.18 bits per heavy atom. The molecule has 3 aromatic carbocycles. The number of fused-ring (bicyclic) bond motifs is 1. The van der Waals surface area contributed by atoms with E-state index in [-0.39, 0.29) is 5.91 Å². The van der Waals surface area contributed by atoms with Crippen molar-refractivity contribution in [1.82, 2.24) is 4.90 Å². The van der Waals surface area contributed by atoms with Crippen molar-refractivity contribution in [3.05, 3.63) is 77.9 Å². The normalized spacial score (nSPS) is 15.1. The van der Waals surface area contributed by atoms with Crippen LogP contribution in [0.3, 0.4) is 0 Å².